The van der Waals surface area contributed by atoms with Gasteiger partial charge in [0, 0.05) is 38.8 Å². The van der Waals surface area contributed by atoms with E-state index in [-0.39, 0.29) is 6.04 Å². The van der Waals surface area contributed by atoms with Gasteiger partial charge in [-0.15, -0.1) is 0 Å². The molecule has 1 N–H and O–H groups in total. The molecule has 2 rings (SSSR count). The molecule has 2 heterocycles. The zero-order valence-electron chi connectivity index (χ0n) is 12.9. The predicted molar refractivity (Wildman–Crippen MR) is 78.0 cm³/mol. The summed E-state index contributed by atoms with van der Waals surface area (Å²) in [5.74, 6) is 1.57. The summed E-state index contributed by atoms with van der Waals surface area (Å²) in [5.41, 5.74) is 0. The number of likely N-dealkylation sites (tertiary alicyclic amines) is 1. The molecule has 4 nitrogen and oxygen atoms in total. The predicted octanol–water partition coefficient (Wildman–Crippen LogP) is 1.17. The number of rotatable bonds is 2. The second kappa shape index (κ2) is 6.23. The van der Waals surface area contributed by atoms with E-state index in [4.69, 9.17) is 0 Å². The van der Waals surface area contributed by atoms with Crippen LogP contribution in [0.4, 0.5) is 0 Å². The molecule has 0 bridgehead atoms. The molecule has 1 amide bonds. The van der Waals surface area contributed by atoms with Crippen molar-refractivity contribution >= 4 is 5.91 Å². The van der Waals surface area contributed by atoms with E-state index in [1.807, 2.05) is 0 Å². The lowest BCUT2D eigenvalue weighted by molar-refractivity contribution is -0.142. The molecular weight excluding hydrogens is 238 g/mol. The van der Waals surface area contributed by atoms with Crippen molar-refractivity contribution in [1.29, 1.82) is 0 Å². The number of carbonyl (C=O) groups is 1. The standard InChI is InChI=1S/C15H29N3O/c1-11-9-12(2)13(3)18(10-11)15(19)14(4)17-7-5-16-6-8-17/h11-14,16H,5-10H2,1-4H3. The van der Waals surface area contributed by atoms with E-state index >= 15 is 0 Å². The Morgan fingerprint density at radius 2 is 1.84 bits per heavy atom. The quantitative estimate of drug-likeness (QED) is 0.816. The molecule has 0 aromatic heterocycles. The molecule has 0 spiro atoms. The van der Waals surface area contributed by atoms with Crippen molar-refractivity contribution in [1.82, 2.24) is 15.1 Å². The Kier molecular flexibility index (Phi) is 4.85. The minimum atomic E-state index is 0.0297. The molecule has 2 aliphatic rings. The van der Waals surface area contributed by atoms with E-state index in [2.05, 4.69) is 42.8 Å². The molecule has 2 fully saturated rings. The summed E-state index contributed by atoms with van der Waals surface area (Å²) < 4.78 is 0. The topological polar surface area (TPSA) is 35.6 Å². The van der Waals surface area contributed by atoms with E-state index in [0.29, 0.717) is 23.8 Å². The molecule has 0 saturated carbocycles. The maximum absolute atomic E-state index is 12.8. The van der Waals surface area contributed by atoms with Gasteiger partial charge in [-0.3, -0.25) is 9.69 Å². The first-order valence-corrected chi connectivity index (χ1v) is 7.76. The summed E-state index contributed by atoms with van der Waals surface area (Å²) in [6.07, 6.45) is 1.24. The monoisotopic (exact) mass is 267 g/mol. The van der Waals surface area contributed by atoms with Crippen molar-refractivity contribution in [2.24, 2.45) is 11.8 Å². The lowest BCUT2D eigenvalue weighted by atomic mass is 9.85. The van der Waals surface area contributed by atoms with Gasteiger partial charge in [0.2, 0.25) is 5.91 Å². The van der Waals surface area contributed by atoms with Crippen molar-refractivity contribution in [2.75, 3.05) is 32.7 Å². The summed E-state index contributed by atoms with van der Waals surface area (Å²) in [5, 5.41) is 3.34. The van der Waals surface area contributed by atoms with Crippen LogP contribution in [0.5, 0.6) is 0 Å². The minimum Gasteiger partial charge on any atom is -0.338 e. The fourth-order valence-electron chi connectivity index (χ4n) is 3.47. The Hall–Kier alpha value is -0.610. The fourth-order valence-corrected chi connectivity index (χ4v) is 3.47. The van der Waals surface area contributed by atoms with Gasteiger partial charge in [-0.2, -0.15) is 0 Å². The second-order valence-electron chi connectivity index (χ2n) is 6.51. The van der Waals surface area contributed by atoms with Gasteiger partial charge in [-0.1, -0.05) is 13.8 Å². The van der Waals surface area contributed by atoms with Crippen molar-refractivity contribution in [3.63, 3.8) is 0 Å². The Morgan fingerprint density at radius 3 is 2.47 bits per heavy atom. The highest BCUT2D eigenvalue weighted by Gasteiger charge is 2.35. The van der Waals surface area contributed by atoms with Crippen molar-refractivity contribution in [3.05, 3.63) is 0 Å². The molecule has 0 aromatic carbocycles. The zero-order chi connectivity index (χ0) is 14.0. The smallest absolute Gasteiger partial charge is 0.239 e. The van der Waals surface area contributed by atoms with Gasteiger partial charge in [-0.25, -0.2) is 0 Å². The van der Waals surface area contributed by atoms with E-state index in [1.54, 1.807) is 0 Å². The first kappa shape index (κ1) is 14.8. The summed E-state index contributed by atoms with van der Waals surface area (Å²) in [7, 11) is 0. The van der Waals surface area contributed by atoms with E-state index < -0.39 is 0 Å². The summed E-state index contributed by atoms with van der Waals surface area (Å²) in [6.45, 7) is 13.7. The van der Waals surface area contributed by atoms with Crippen LogP contribution in [-0.2, 0) is 4.79 Å². The maximum atomic E-state index is 12.8. The molecule has 0 aromatic rings. The molecule has 0 aliphatic carbocycles. The van der Waals surface area contributed by atoms with E-state index in [9.17, 15) is 4.79 Å². The van der Waals surface area contributed by atoms with Gasteiger partial charge in [0.05, 0.1) is 6.04 Å². The van der Waals surface area contributed by atoms with Crippen LogP contribution >= 0.6 is 0 Å². The maximum Gasteiger partial charge on any atom is 0.239 e. The van der Waals surface area contributed by atoms with Gasteiger partial charge in [0.15, 0.2) is 0 Å². The van der Waals surface area contributed by atoms with Crippen molar-refractivity contribution in [3.8, 4) is 0 Å². The Bertz CT molecular complexity index is 315. The van der Waals surface area contributed by atoms with Crippen molar-refractivity contribution < 1.29 is 4.79 Å². The molecule has 4 unspecified atom stereocenters. The molecule has 110 valence electrons. The number of hydrogen-bond acceptors (Lipinski definition) is 3. The number of carbonyl (C=O) groups excluding carboxylic acids is 1. The number of piperidine rings is 1. The Balaban J connectivity index is 2.00. The highest BCUT2D eigenvalue weighted by molar-refractivity contribution is 5.82. The minimum absolute atomic E-state index is 0.0297. The van der Waals surface area contributed by atoms with Gasteiger partial charge < -0.3 is 10.2 Å². The lowest BCUT2D eigenvalue weighted by Crippen LogP contribution is -2.57. The average molecular weight is 267 g/mol. The number of piperazine rings is 1. The first-order chi connectivity index (χ1) is 9.00. The molecule has 2 saturated heterocycles. The van der Waals surface area contributed by atoms with Crippen LogP contribution in [0.1, 0.15) is 34.1 Å². The van der Waals surface area contributed by atoms with Gasteiger partial charge in [-0.05, 0) is 32.1 Å². The number of hydrogen-bond donors (Lipinski definition) is 1. The third-order valence-corrected chi connectivity index (χ3v) is 4.94. The zero-order valence-corrected chi connectivity index (χ0v) is 12.9. The van der Waals surface area contributed by atoms with Gasteiger partial charge in [0.1, 0.15) is 0 Å². The molecule has 4 atom stereocenters. The van der Waals surface area contributed by atoms with Crippen molar-refractivity contribution in [2.45, 2.75) is 46.2 Å². The van der Waals surface area contributed by atoms with Crippen LogP contribution in [0.2, 0.25) is 0 Å². The van der Waals surface area contributed by atoms with Gasteiger partial charge in [0.25, 0.3) is 0 Å². The normalized spacial score (nSPS) is 35.2. The average Bonchev–Trinajstić information content (AvgIpc) is 2.42. The largest absolute Gasteiger partial charge is 0.338 e. The lowest BCUT2D eigenvalue weighted by Gasteiger charge is -2.44. The molecule has 2 aliphatic heterocycles. The van der Waals surface area contributed by atoms with Crippen LogP contribution in [0.25, 0.3) is 0 Å². The molecule has 19 heavy (non-hydrogen) atoms. The molecule has 4 heteroatoms. The first-order valence-electron chi connectivity index (χ1n) is 7.76. The van der Waals surface area contributed by atoms with Crippen LogP contribution < -0.4 is 5.32 Å². The third kappa shape index (κ3) is 3.29. The summed E-state index contributed by atoms with van der Waals surface area (Å²) in [6, 6.07) is 0.413. The Morgan fingerprint density at radius 1 is 1.21 bits per heavy atom. The molecular formula is C15H29N3O. The van der Waals surface area contributed by atoms with Gasteiger partial charge >= 0.3 is 0 Å². The number of amides is 1. The van der Waals surface area contributed by atoms with E-state index in [1.165, 1.54) is 6.42 Å². The summed E-state index contributed by atoms with van der Waals surface area (Å²) >= 11 is 0. The highest BCUT2D eigenvalue weighted by Crippen LogP contribution is 2.27. The van der Waals surface area contributed by atoms with Crippen LogP contribution in [0.3, 0.4) is 0 Å². The molecule has 0 radical (unpaired) electrons. The third-order valence-electron chi connectivity index (χ3n) is 4.94. The van der Waals surface area contributed by atoms with E-state index in [0.717, 1.165) is 32.7 Å². The van der Waals surface area contributed by atoms with Crippen LogP contribution in [-0.4, -0.2) is 60.5 Å². The fraction of sp³-hybridized carbons (Fsp3) is 0.933. The van der Waals surface area contributed by atoms with Crippen LogP contribution in [0, 0.1) is 11.8 Å². The highest BCUT2D eigenvalue weighted by atomic mass is 16.2. The number of nitrogens with zero attached hydrogens (tertiary/aromatic N) is 2. The SMILES string of the molecule is CC1CC(C)C(C)N(C(=O)C(C)N2CCNCC2)C1. The van der Waals surface area contributed by atoms with Crippen LogP contribution in [0.15, 0.2) is 0 Å². The second-order valence-corrected chi connectivity index (χ2v) is 6.51. The Labute approximate surface area is 117 Å². The summed E-state index contributed by atoms with van der Waals surface area (Å²) in [4.78, 5) is 17.2. The number of nitrogens with one attached hydrogen (secondary N) is 1.